The molecule has 0 aliphatic rings. The van der Waals surface area contributed by atoms with Crippen LogP contribution in [0.3, 0.4) is 0 Å². The Kier molecular flexibility index (Phi) is 11.2. The van der Waals surface area contributed by atoms with Crippen molar-refractivity contribution in [3.8, 4) is 0 Å². The Morgan fingerprint density at radius 1 is 1.04 bits per heavy atom. The lowest BCUT2D eigenvalue weighted by molar-refractivity contribution is -0.144. The third-order valence-electron chi connectivity index (χ3n) is 4.36. The van der Waals surface area contributed by atoms with Gasteiger partial charge in [-0.3, -0.25) is 4.79 Å². The van der Waals surface area contributed by atoms with Gasteiger partial charge in [0, 0.05) is 12.6 Å². The van der Waals surface area contributed by atoms with Gasteiger partial charge in [0.15, 0.2) is 0 Å². The molecule has 0 radical (unpaired) electrons. The zero-order valence-corrected chi connectivity index (χ0v) is 15.7. The van der Waals surface area contributed by atoms with Crippen LogP contribution in [0.25, 0.3) is 0 Å². The van der Waals surface area contributed by atoms with Crippen molar-refractivity contribution in [3.05, 3.63) is 35.9 Å². The molecule has 136 valence electrons. The van der Waals surface area contributed by atoms with Crippen molar-refractivity contribution in [1.29, 1.82) is 0 Å². The first-order valence-corrected chi connectivity index (χ1v) is 9.56. The normalized spacial score (nSPS) is 12.3. The second-order valence-corrected chi connectivity index (χ2v) is 6.91. The first-order valence-electron chi connectivity index (χ1n) is 9.56. The van der Waals surface area contributed by atoms with Crippen LogP contribution >= 0.6 is 0 Å². The summed E-state index contributed by atoms with van der Waals surface area (Å²) in [6.07, 6.45) is 7.71. The molecule has 0 fully saturated rings. The number of carbonyl (C=O) groups excluding carboxylic acids is 1. The maximum atomic E-state index is 12.0. The smallest absolute Gasteiger partial charge is 0.307 e. The maximum Gasteiger partial charge on any atom is 0.307 e. The summed E-state index contributed by atoms with van der Waals surface area (Å²) in [4.78, 5) is 12.0. The molecular formula is C21H35NO2. The van der Waals surface area contributed by atoms with E-state index in [2.05, 4.69) is 38.2 Å². The second-order valence-electron chi connectivity index (χ2n) is 6.91. The van der Waals surface area contributed by atoms with E-state index in [9.17, 15) is 4.79 Å². The Morgan fingerprint density at radius 3 is 2.38 bits per heavy atom. The van der Waals surface area contributed by atoms with E-state index in [1.54, 1.807) is 0 Å². The minimum absolute atomic E-state index is 0.0807. The van der Waals surface area contributed by atoms with Gasteiger partial charge < -0.3 is 10.1 Å². The predicted octanol–water partition coefficient (Wildman–Crippen LogP) is 5.09. The molecule has 0 saturated carbocycles. The molecule has 3 nitrogen and oxygen atoms in total. The van der Waals surface area contributed by atoms with E-state index in [0.29, 0.717) is 18.9 Å². The van der Waals surface area contributed by atoms with Crippen LogP contribution in [-0.2, 0) is 16.1 Å². The van der Waals surface area contributed by atoms with E-state index in [1.165, 1.54) is 31.2 Å². The molecule has 1 atom stereocenters. The number of nitrogens with one attached hydrogen (secondary N) is 1. The van der Waals surface area contributed by atoms with Gasteiger partial charge in [0.25, 0.3) is 0 Å². The third-order valence-corrected chi connectivity index (χ3v) is 4.36. The SMILES string of the molecule is CCCCCCCCOC(=O)CC(NCc1ccccc1)C(C)C. The highest BCUT2D eigenvalue weighted by Crippen LogP contribution is 2.10. The number of hydrogen-bond acceptors (Lipinski definition) is 3. The molecule has 1 aromatic rings. The highest BCUT2D eigenvalue weighted by atomic mass is 16.5. The largest absolute Gasteiger partial charge is 0.466 e. The molecule has 0 saturated heterocycles. The lowest BCUT2D eigenvalue weighted by Gasteiger charge is -2.21. The van der Waals surface area contributed by atoms with E-state index in [-0.39, 0.29) is 12.0 Å². The fourth-order valence-electron chi connectivity index (χ4n) is 2.70. The van der Waals surface area contributed by atoms with E-state index >= 15 is 0 Å². The van der Waals surface area contributed by atoms with Gasteiger partial charge in [0.05, 0.1) is 13.0 Å². The minimum atomic E-state index is -0.0807. The molecule has 0 aromatic heterocycles. The number of benzene rings is 1. The topological polar surface area (TPSA) is 38.3 Å². The van der Waals surface area contributed by atoms with Crippen LogP contribution in [0.1, 0.15) is 71.3 Å². The number of rotatable bonds is 13. The van der Waals surface area contributed by atoms with Crippen LogP contribution in [0, 0.1) is 5.92 Å². The van der Waals surface area contributed by atoms with Gasteiger partial charge >= 0.3 is 5.97 Å². The molecule has 0 aliphatic heterocycles. The average Bonchev–Trinajstić information content (AvgIpc) is 2.58. The van der Waals surface area contributed by atoms with Crippen LogP contribution in [0.15, 0.2) is 30.3 Å². The van der Waals surface area contributed by atoms with Crippen molar-refractivity contribution in [2.24, 2.45) is 5.92 Å². The van der Waals surface area contributed by atoms with Crippen LogP contribution in [-0.4, -0.2) is 18.6 Å². The first kappa shape index (κ1) is 20.7. The number of ether oxygens (including phenoxy) is 1. The van der Waals surface area contributed by atoms with Crippen LogP contribution in [0.2, 0.25) is 0 Å². The van der Waals surface area contributed by atoms with E-state index in [4.69, 9.17) is 4.74 Å². The van der Waals surface area contributed by atoms with E-state index < -0.39 is 0 Å². The first-order chi connectivity index (χ1) is 11.6. The van der Waals surface area contributed by atoms with Crippen molar-refractivity contribution in [2.75, 3.05) is 6.61 Å². The second kappa shape index (κ2) is 13.0. The molecule has 0 heterocycles. The molecule has 0 bridgehead atoms. The molecule has 3 heteroatoms. The fourth-order valence-corrected chi connectivity index (χ4v) is 2.70. The Hall–Kier alpha value is -1.35. The summed E-state index contributed by atoms with van der Waals surface area (Å²) in [5, 5.41) is 3.49. The summed E-state index contributed by atoms with van der Waals surface area (Å²) < 4.78 is 5.40. The summed E-state index contributed by atoms with van der Waals surface area (Å²) in [7, 11) is 0. The van der Waals surface area contributed by atoms with Crippen LogP contribution in [0.4, 0.5) is 0 Å². The Balaban J connectivity index is 2.20. The number of esters is 1. The van der Waals surface area contributed by atoms with E-state index in [1.807, 2.05) is 18.2 Å². The van der Waals surface area contributed by atoms with Crippen molar-refractivity contribution >= 4 is 5.97 Å². The third kappa shape index (κ3) is 9.71. The van der Waals surface area contributed by atoms with Gasteiger partial charge in [0.2, 0.25) is 0 Å². The predicted molar refractivity (Wildman–Crippen MR) is 101 cm³/mol. The van der Waals surface area contributed by atoms with Crippen molar-refractivity contribution < 1.29 is 9.53 Å². The van der Waals surface area contributed by atoms with Gasteiger partial charge in [-0.15, -0.1) is 0 Å². The molecular weight excluding hydrogens is 298 g/mol. The van der Waals surface area contributed by atoms with Gasteiger partial charge in [-0.1, -0.05) is 83.2 Å². The Labute approximate surface area is 148 Å². The Bertz CT molecular complexity index is 431. The summed E-state index contributed by atoms with van der Waals surface area (Å²) in [5.74, 6) is 0.318. The molecule has 1 rings (SSSR count). The highest BCUT2D eigenvalue weighted by Gasteiger charge is 2.17. The Morgan fingerprint density at radius 2 is 1.71 bits per heavy atom. The maximum absolute atomic E-state index is 12.0. The summed E-state index contributed by atoms with van der Waals surface area (Å²) in [6.45, 7) is 7.86. The zero-order chi connectivity index (χ0) is 17.6. The van der Waals surface area contributed by atoms with Gasteiger partial charge in [-0.05, 0) is 17.9 Å². The molecule has 0 aliphatic carbocycles. The highest BCUT2D eigenvalue weighted by molar-refractivity contribution is 5.70. The molecule has 1 unspecified atom stereocenters. The lowest BCUT2D eigenvalue weighted by atomic mass is 10.0. The van der Waals surface area contributed by atoms with Crippen LogP contribution < -0.4 is 5.32 Å². The summed E-state index contributed by atoms with van der Waals surface area (Å²) >= 11 is 0. The standard InChI is InChI=1S/C21H35NO2/c1-4-5-6-7-8-12-15-24-21(23)16-20(18(2)3)22-17-19-13-10-9-11-14-19/h9-11,13-14,18,20,22H,4-8,12,15-17H2,1-3H3. The quantitative estimate of drug-likeness (QED) is 0.403. The minimum Gasteiger partial charge on any atom is -0.466 e. The molecule has 24 heavy (non-hydrogen) atoms. The van der Waals surface area contributed by atoms with Gasteiger partial charge in [0.1, 0.15) is 0 Å². The van der Waals surface area contributed by atoms with E-state index in [0.717, 1.165) is 19.4 Å². The molecule has 0 amide bonds. The van der Waals surface area contributed by atoms with Crippen LogP contribution in [0.5, 0.6) is 0 Å². The number of unbranched alkanes of at least 4 members (excludes halogenated alkanes) is 5. The fraction of sp³-hybridized carbons (Fsp3) is 0.667. The summed E-state index contributed by atoms with van der Waals surface area (Å²) in [6, 6.07) is 10.4. The number of carbonyl (C=O) groups is 1. The monoisotopic (exact) mass is 333 g/mol. The lowest BCUT2D eigenvalue weighted by Crippen LogP contribution is -2.36. The van der Waals surface area contributed by atoms with Crippen molar-refractivity contribution in [1.82, 2.24) is 5.32 Å². The van der Waals surface area contributed by atoms with Gasteiger partial charge in [-0.2, -0.15) is 0 Å². The van der Waals surface area contributed by atoms with Crippen molar-refractivity contribution in [3.63, 3.8) is 0 Å². The average molecular weight is 334 g/mol. The number of hydrogen-bond donors (Lipinski definition) is 1. The van der Waals surface area contributed by atoms with Gasteiger partial charge in [-0.25, -0.2) is 0 Å². The summed E-state index contributed by atoms with van der Waals surface area (Å²) in [5.41, 5.74) is 1.24. The zero-order valence-electron chi connectivity index (χ0n) is 15.7. The molecule has 1 aromatic carbocycles. The van der Waals surface area contributed by atoms with Crippen molar-refractivity contribution in [2.45, 2.75) is 78.3 Å². The molecule has 0 spiro atoms. The molecule has 1 N–H and O–H groups in total.